The molecule has 1 atom stereocenters. The average Bonchev–Trinajstić information content (AvgIpc) is 2.87. The molecule has 1 aliphatic heterocycles. The van der Waals surface area contributed by atoms with Crippen LogP contribution in [-0.2, 0) is 0 Å². The van der Waals surface area contributed by atoms with E-state index >= 15 is 0 Å². The van der Waals surface area contributed by atoms with E-state index in [1.165, 1.54) is 11.0 Å². The van der Waals surface area contributed by atoms with Crippen molar-refractivity contribution in [1.82, 2.24) is 4.90 Å². The minimum atomic E-state index is -0.617. The predicted molar refractivity (Wildman–Crippen MR) is 97.3 cm³/mol. The van der Waals surface area contributed by atoms with Gasteiger partial charge in [0.2, 0.25) is 0 Å². The molecule has 2 aromatic rings. The molecule has 0 aromatic heterocycles. The molecule has 0 aliphatic carbocycles. The zero-order chi connectivity index (χ0) is 18.8. The van der Waals surface area contributed by atoms with Crippen molar-refractivity contribution in [3.63, 3.8) is 0 Å². The monoisotopic (exact) mass is 355 g/mol. The molecule has 1 aliphatic rings. The van der Waals surface area contributed by atoms with Crippen molar-refractivity contribution in [2.24, 2.45) is 5.73 Å². The number of ether oxygens (including phenoxy) is 2. The van der Waals surface area contributed by atoms with Crippen molar-refractivity contribution in [2.75, 3.05) is 26.0 Å². The van der Waals surface area contributed by atoms with Crippen LogP contribution in [-0.4, -0.2) is 37.0 Å². The highest BCUT2D eigenvalue weighted by molar-refractivity contribution is 6.22. The van der Waals surface area contributed by atoms with Crippen molar-refractivity contribution in [1.29, 1.82) is 0 Å². The summed E-state index contributed by atoms with van der Waals surface area (Å²) in [7, 11) is 1.55. The van der Waals surface area contributed by atoms with Gasteiger partial charge in [0, 0.05) is 12.2 Å². The molecule has 7 heteroatoms. The fourth-order valence-electron chi connectivity index (χ4n) is 3.12. The number of imide groups is 1. The van der Waals surface area contributed by atoms with Gasteiger partial charge in [-0.2, -0.15) is 0 Å². The number of rotatable bonds is 6. The summed E-state index contributed by atoms with van der Waals surface area (Å²) < 4.78 is 10.9. The van der Waals surface area contributed by atoms with Gasteiger partial charge in [0.1, 0.15) is 0 Å². The summed E-state index contributed by atoms with van der Waals surface area (Å²) >= 11 is 0. The Balaban J connectivity index is 2.01. The maximum absolute atomic E-state index is 12.8. The lowest BCUT2D eigenvalue weighted by Gasteiger charge is -2.26. The fourth-order valence-corrected chi connectivity index (χ4v) is 3.12. The number of fused-ring (bicyclic) bond motifs is 1. The molecule has 1 unspecified atom stereocenters. The number of anilines is 1. The molecule has 136 valence electrons. The third kappa shape index (κ3) is 2.86. The van der Waals surface area contributed by atoms with Crippen LogP contribution in [0, 0.1) is 0 Å². The second-order valence-corrected chi connectivity index (χ2v) is 5.88. The number of nitrogen functional groups attached to an aromatic ring is 1. The molecule has 0 radical (unpaired) electrons. The van der Waals surface area contributed by atoms with Crippen molar-refractivity contribution < 1.29 is 19.1 Å². The Morgan fingerprint density at radius 3 is 2.42 bits per heavy atom. The molecule has 0 bridgehead atoms. The molecule has 26 heavy (non-hydrogen) atoms. The number of hydrogen-bond acceptors (Lipinski definition) is 6. The largest absolute Gasteiger partial charge is 0.493 e. The minimum Gasteiger partial charge on any atom is -0.493 e. The maximum Gasteiger partial charge on any atom is 0.262 e. The van der Waals surface area contributed by atoms with E-state index in [1.54, 1.807) is 37.4 Å². The van der Waals surface area contributed by atoms with E-state index in [4.69, 9.17) is 20.9 Å². The van der Waals surface area contributed by atoms with Crippen molar-refractivity contribution >= 4 is 17.5 Å². The smallest absolute Gasteiger partial charge is 0.262 e. The van der Waals surface area contributed by atoms with Crippen LogP contribution >= 0.6 is 0 Å². The van der Waals surface area contributed by atoms with E-state index in [9.17, 15) is 9.59 Å². The number of methoxy groups -OCH3 is 1. The standard InChI is InChI=1S/C19H21N3O4/c1-3-26-17-8-11(4-7-16(17)25-2)15(10-20)22-18(23)13-6-5-12(21)9-14(13)19(22)24/h4-9,15H,3,10,20-21H2,1-2H3. The Morgan fingerprint density at radius 1 is 1.04 bits per heavy atom. The number of amides is 2. The molecule has 3 rings (SSSR count). The number of carbonyl (C=O) groups excluding carboxylic acids is 2. The number of nitrogens with zero attached hydrogens (tertiary/aromatic N) is 1. The summed E-state index contributed by atoms with van der Waals surface area (Å²) in [6.45, 7) is 2.40. The topological polar surface area (TPSA) is 108 Å². The van der Waals surface area contributed by atoms with E-state index in [-0.39, 0.29) is 12.5 Å². The van der Waals surface area contributed by atoms with Gasteiger partial charge in [0.25, 0.3) is 11.8 Å². The van der Waals surface area contributed by atoms with E-state index in [0.29, 0.717) is 40.5 Å². The third-order valence-corrected chi connectivity index (χ3v) is 4.35. The van der Waals surface area contributed by atoms with E-state index in [2.05, 4.69) is 0 Å². The van der Waals surface area contributed by atoms with Gasteiger partial charge in [-0.3, -0.25) is 14.5 Å². The van der Waals surface area contributed by atoms with Gasteiger partial charge in [-0.15, -0.1) is 0 Å². The van der Waals surface area contributed by atoms with Gasteiger partial charge in [0.05, 0.1) is 30.9 Å². The lowest BCUT2D eigenvalue weighted by atomic mass is 10.0. The second kappa shape index (κ2) is 7.05. The van der Waals surface area contributed by atoms with Crippen molar-refractivity contribution in [3.05, 3.63) is 53.1 Å². The van der Waals surface area contributed by atoms with Crippen LogP contribution in [0.3, 0.4) is 0 Å². The molecule has 4 N–H and O–H groups in total. The molecule has 0 saturated heterocycles. The Morgan fingerprint density at radius 2 is 1.77 bits per heavy atom. The molecular weight excluding hydrogens is 334 g/mol. The minimum absolute atomic E-state index is 0.0822. The maximum atomic E-state index is 12.8. The van der Waals surface area contributed by atoms with Gasteiger partial charge in [-0.25, -0.2) is 0 Å². The fraction of sp³-hybridized carbons (Fsp3) is 0.263. The summed E-state index contributed by atoms with van der Waals surface area (Å²) in [4.78, 5) is 26.8. The summed E-state index contributed by atoms with van der Waals surface area (Å²) in [5.74, 6) is 0.323. The second-order valence-electron chi connectivity index (χ2n) is 5.88. The first kappa shape index (κ1) is 17.8. The van der Waals surface area contributed by atoms with Gasteiger partial charge in [-0.1, -0.05) is 6.07 Å². The zero-order valence-corrected chi connectivity index (χ0v) is 14.7. The van der Waals surface area contributed by atoms with E-state index in [0.717, 1.165) is 0 Å². The predicted octanol–water partition coefficient (Wildman–Crippen LogP) is 1.97. The van der Waals surface area contributed by atoms with Gasteiger partial charge in [0.15, 0.2) is 11.5 Å². The first-order valence-corrected chi connectivity index (χ1v) is 8.30. The highest BCUT2D eigenvalue weighted by atomic mass is 16.5. The highest BCUT2D eigenvalue weighted by Crippen LogP contribution is 2.35. The van der Waals surface area contributed by atoms with Crippen LogP contribution in [0.4, 0.5) is 5.69 Å². The molecule has 2 aromatic carbocycles. The van der Waals surface area contributed by atoms with Crippen LogP contribution in [0.1, 0.15) is 39.2 Å². The average molecular weight is 355 g/mol. The van der Waals surface area contributed by atoms with Gasteiger partial charge >= 0.3 is 0 Å². The van der Waals surface area contributed by atoms with E-state index in [1.807, 2.05) is 6.92 Å². The lowest BCUT2D eigenvalue weighted by Crippen LogP contribution is -2.38. The first-order valence-electron chi connectivity index (χ1n) is 8.30. The van der Waals surface area contributed by atoms with Crippen LogP contribution in [0.25, 0.3) is 0 Å². The summed E-state index contributed by atoms with van der Waals surface area (Å²) in [6.07, 6.45) is 0. The van der Waals surface area contributed by atoms with Crippen LogP contribution < -0.4 is 20.9 Å². The van der Waals surface area contributed by atoms with Gasteiger partial charge < -0.3 is 20.9 Å². The molecule has 0 fully saturated rings. The quantitative estimate of drug-likeness (QED) is 0.606. The zero-order valence-electron chi connectivity index (χ0n) is 14.7. The van der Waals surface area contributed by atoms with E-state index < -0.39 is 11.9 Å². The summed E-state index contributed by atoms with van der Waals surface area (Å²) in [5.41, 5.74) is 13.4. The van der Waals surface area contributed by atoms with Crippen molar-refractivity contribution in [2.45, 2.75) is 13.0 Å². The molecule has 7 nitrogen and oxygen atoms in total. The normalized spacial score (nSPS) is 14.3. The summed E-state index contributed by atoms with van der Waals surface area (Å²) in [5, 5.41) is 0. The van der Waals surface area contributed by atoms with Crippen LogP contribution in [0.2, 0.25) is 0 Å². The SMILES string of the molecule is CCOc1cc(C(CN)N2C(=O)c3ccc(N)cc3C2=O)ccc1OC. The molecular formula is C19H21N3O4. The Kier molecular flexibility index (Phi) is 4.81. The van der Waals surface area contributed by atoms with Crippen LogP contribution in [0.15, 0.2) is 36.4 Å². The molecule has 2 amide bonds. The Hall–Kier alpha value is -3.06. The first-order chi connectivity index (χ1) is 12.5. The number of hydrogen-bond donors (Lipinski definition) is 2. The highest BCUT2D eigenvalue weighted by Gasteiger charge is 2.40. The lowest BCUT2D eigenvalue weighted by molar-refractivity contribution is 0.0587. The third-order valence-electron chi connectivity index (χ3n) is 4.35. The number of carbonyl (C=O) groups is 2. The molecule has 0 saturated carbocycles. The van der Waals surface area contributed by atoms with Crippen LogP contribution in [0.5, 0.6) is 11.5 Å². The van der Waals surface area contributed by atoms with Crippen molar-refractivity contribution in [3.8, 4) is 11.5 Å². The Labute approximate surface area is 151 Å². The Bertz CT molecular complexity index is 866. The summed E-state index contributed by atoms with van der Waals surface area (Å²) in [6, 6.07) is 9.33. The molecule has 0 spiro atoms. The number of benzene rings is 2. The number of nitrogens with two attached hydrogens (primary N) is 2. The molecule has 1 heterocycles. The van der Waals surface area contributed by atoms with Gasteiger partial charge in [-0.05, 0) is 42.8 Å².